The van der Waals surface area contributed by atoms with E-state index in [0.717, 1.165) is 11.1 Å². The smallest absolute Gasteiger partial charge is 0.408 e. The van der Waals surface area contributed by atoms with Gasteiger partial charge < -0.3 is 24.3 Å². The first-order valence-corrected chi connectivity index (χ1v) is 14.7. The minimum atomic E-state index is -2.05. The Hall–Kier alpha value is -2.32. The largest absolute Gasteiger partial charge is 0.496 e. The number of hydrogen-bond donors (Lipinski definition) is 2. The normalized spacial score (nSPS) is 20.2. The maximum absolute atomic E-state index is 12.5. The Bertz CT molecular complexity index is 913. The quantitative estimate of drug-likeness (QED) is 0.464. The average Bonchev–Trinajstić information content (AvgIpc) is 2.69. The molecule has 0 saturated heterocycles. The van der Waals surface area contributed by atoms with Crippen LogP contribution >= 0.6 is 0 Å². The SMILES string of the molecule is COc1ccccc1C1=C[C@@H](O[Si](C)(C)C(C)(C)C)CC[C@H]1[C@H](NC(=O)OC(C)(C)C)C(=O)O. The second-order valence-corrected chi connectivity index (χ2v) is 16.1. The van der Waals surface area contributed by atoms with Crippen LogP contribution in [0.15, 0.2) is 30.3 Å². The molecule has 1 aromatic rings. The fourth-order valence-corrected chi connectivity index (χ4v) is 5.14. The first-order chi connectivity index (χ1) is 15.6. The number of carbonyl (C=O) groups is 2. The second kappa shape index (κ2) is 10.5. The first-order valence-electron chi connectivity index (χ1n) is 11.8. The van der Waals surface area contributed by atoms with Gasteiger partial charge >= 0.3 is 12.1 Å². The van der Waals surface area contributed by atoms with Crippen molar-refractivity contribution in [3.63, 3.8) is 0 Å². The van der Waals surface area contributed by atoms with Crippen LogP contribution in [0.3, 0.4) is 0 Å². The molecule has 0 saturated carbocycles. The molecule has 2 N–H and O–H groups in total. The maximum atomic E-state index is 12.5. The number of rotatable bonds is 7. The van der Waals surface area contributed by atoms with E-state index in [4.69, 9.17) is 13.9 Å². The third-order valence-corrected chi connectivity index (χ3v) is 11.0. The van der Waals surface area contributed by atoms with Gasteiger partial charge in [0.15, 0.2) is 8.32 Å². The van der Waals surface area contributed by atoms with E-state index in [0.29, 0.717) is 18.6 Å². The highest BCUT2D eigenvalue weighted by atomic mass is 28.4. The number of carbonyl (C=O) groups excluding carboxylic acids is 1. The fraction of sp³-hybridized carbons (Fsp3) is 0.615. The van der Waals surface area contributed by atoms with Crippen molar-refractivity contribution < 1.29 is 28.6 Å². The lowest BCUT2D eigenvalue weighted by Gasteiger charge is -2.41. The molecule has 0 spiro atoms. The lowest BCUT2D eigenvalue weighted by molar-refractivity contribution is -0.140. The molecule has 1 aromatic carbocycles. The molecule has 8 heteroatoms. The minimum Gasteiger partial charge on any atom is -0.496 e. The van der Waals surface area contributed by atoms with Crippen LogP contribution in [0.25, 0.3) is 5.57 Å². The zero-order valence-electron chi connectivity index (χ0n) is 22.0. The molecule has 0 heterocycles. The number of hydrogen-bond acceptors (Lipinski definition) is 5. The van der Waals surface area contributed by atoms with Crippen LogP contribution in [0, 0.1) is 5.92 Å². The van der Waals surface area contributed by atoms with Gasteiger partial charge in [-0.3, -0.25) is 0 Å². The number of carboxylic acid groups (broad SMARTS) is 1. The summed E-state index contributed by atoms with van der Waals surface area (Å²) in [6, 6.07) is 6.38. The number of amides is 1. The summed E-state index contributed by atoms with van der Waals surface area (Å²) < 4.78 is 17.6. The number of carboxylic acids is 1. The topological polar surface area (TPSA) is 94.1 Å². The molecule has 2 rings (SSSR count). The summed E-state index contributed by atoms with van der Waals surface area (Å²) in [6.07, 6.45) is 2.33. The van der Waals surface area contributed by atoms with Gasteiger partial charge in [0.05, 0.1) is 13.2 Å². The van der Waals surface area contributed by atoms with Gasteiger partial charge in [0.1, 0.15) is 17.4 Å². The highest BCUT2D eigenvalue weighted by Crippen LogP contribution is 2.43. The van der Waals surface area contributed by atoms with Gasteiger partial charge in [-0.25, -0.2) is 9.59 Å². The van der Waals surface area contributed by atoms with Crippen molar-refractivity contribution in [3.05, 3.63) is 35.9 Å². The van der Waals surface area contributed by atoms with Gasteiger partial charge in [-0.05, 0) is 63.4 Å². The molecule has 1 aliphatic carbocycles. The third-order valence-electron chi connectivity index (χ3n) is 6.54. The first kappa shape index (κ1) is 27.9. The van der Waals surface area contributed by atoms with E-state index in [9.17, 15) is 14.7 Å². The summed E-state index contributed by atoms with van der Waals surface area (Å²) in [5.74, 6) is -0.936. The van der Waals surface area contributed by atoms with E-state index in [1.54, 1.807) is 27.9 Å². The number of methoxy groups -OCH3 is 1. The third kappa shape index (κ3) is 7.09. The van der Waals surface area contributed by atoms with Crippen molar-refractivity contribution in [2.24, 2.45) is 5.92 Å². The van der Waals surface area contributed by atoms with Gasteiger partial charge in [0.2, 0.25) is 0 Å². The van der Waals surface area contributed by atoms with Crippen LogP contribution in [0.4, 0.5) is 4.79 Å². The summed E-state index contributed by atoms with van der Waals surface area (Å²) >= 11 is 0. The van der Waals surface area contributed by atoms with Crippen molar-refractivity contribution in [1.82, 2.24) is 5.32 Å². The molecule has 0 aliphatic heterocycles. The molecular formula is C26H41NO6Si. The summed E-state index contributed by atoms with van der Waals surface area (Å²) in [5, 5.41) is 12.7. The zero-order valence-corrected chi connectivity index (χ0v) is 23.0. The van der Waals surface area contributed by atoms with Crippen molar-refractivity contribution in [2.45, 2.75) is 90.3 Å². The predicted molar refractivity (Wildman–Crippen MR) is 137 cm³/mol. The molecule has 3 atom stereocenters. The summed E-state index contributed by atoms with van der Waals surface area (Å²) in [5.41, 5.74) is 0.870. The fourth-order valence-electron chi connectivity index (χ4n) is 3.84. The van der Waals surface area contributed by atoms with Gasteiger partial charge in [0.25, 0.3) is 0 Å². The molecule has 1 aliphatic rings. The van der Waals surface area contributed by atoms with Gasteiger partial charge in [-0.15, -0.1) is 0 Å². The van der Waals surface area contributed by atoms with Crippen LogP contribution in [-0.2, 0) is 14.0 Å². The molecule has 0 aromatic heterocycles. The van der Waals surface area contributed by atoms with Crippen molar-refractivity contribution >= 4 is 26.0 Å². The van der Waals surface area contributed by atoms with E-state index < -0.39 is 37.9 Å². The molecule has 7 nitrogen and oxygen atoms in total. The molecule has 0 fully saturated rings. The van der Waals surface area contributed by atoms with E-state index >= 15 is 0 Å². The summed E-state index contributed by atoms with van der Waals surface area (Å²) in [4.78, 5) is 24.8. The Labute approximate surface area is 205 Å². The molecule has 0 unspecified atom stereocenters. The molecule has 190 valence electrons. The number of ether oxygens (including phenoxy) is 2. The lowest BCUT2D eigenvalue weighted by Crippen LogP contribution is -2.49. The number of nitrogens with one attached hydrogen (secondary N) is 1. The van der Waals surface area contributed by atoms with Crippen molar-refractivity contribution in [2.75, 3.05) is 7.11 Å². The maximum Gasteiger partial charge on any atom is 0.408 e. The van der Waals surface area contributed by atoms with Crippen LogP contribution in [0.5, 0.6) is 5.75 Å². The van der Waals surface area contributed by atoms with Crippen LogP contribution in [0.1, 0.15) is 59.9 Å². The van der Waals surface area contributed by atoms with Crippen LogP contribution < -0.4 is 10.1 Å². The van der Waals surface area contributed by atoms with E-state index in [1.165, 1.54) is 0 Å². The van der Waals surface area contributed by atoms with Crippen LogP contribution in [0.2, 0.25) is 18.1 Å². The molecule has 34 heavy (non-hydrogen) atoms. The molecular weight excluding hydrogens is 450 g/mol. The number of alkyl carbamates (subject to hydrolysis) is 1. The van der Waals surface area contributed by atoms with Gasteiger partial charge in [0, 0.05) is 11.5 Å². The van der Waals surface area contributed by atoms with Crippen LogP contribution in [-0.4, -0.2) is 50.3 Å². The average molecular weight is 492 g/mol. The highest BCUT2D eigenvalue weighted by Gasteiger charge is 2.42. The Morgan fingerprint density at radius 2 is 1.71 bits per heavy atom. The standard InChI is InChI=1S/C26H41NO6Si/c1-25(2,3)32-24(30)27-22(23(28)29)19-15-14-17(33-34(8,9)26(4,5)6)16-20(19)18-12-10-11-13-21(18)31-7/h10-13,16-17,19,22H,14-15H2,1-9H3,(H,27,30)(H,28,29)/t17-,19+,22-/m0/s1. The number of benzene rings is 1. The Morgan fingerprint density at radius 3 is 2.24 bits per heavy atom. The monoisotopic (exact) mass is 491 g/mol. The summed E-state index contributed by atoms with van der Waals surface area (Å²) in [7, 11) is -0.459. The molecule has 1 amide bonds. The summed E-state index contributed by atoms with van der Waals surface area (Å²) in [6.45, 7) is 16.2. The Morgan fingerprint density at radius 1 is 1.09 bits per heavy atom. The predicted octanol–water partition coefficient (Wildman–Crippen LogP) is 5.86. The minimum absolute atomic E-state index is 0.0458. The zero-order chi connectivity index (χ0) is 25.9. The Balaban J connectivity index is 2.49. The van der Waals surface area contributed by atoms with E-state index in [-0.39, 0.29) is 11.1 Å². The Kier molecular flexibility index (Phi) is 8.64. The highest BCUT2D eigenvalue weighted by molar-refractivity contribution is 6.74. The van der Waals surface area contributed by atoms with Crippen molar-refractivity contribution in [3.8, 4) is 5.75 Å². The molecule has 0 bridgehead atoms. The van der Waals surface area contributed by atoms with E-state index in [2.05, 4.69) is 39.2 Å². The number of para-hydroxylation sites is 1. The van der Waals surface area contributed by atoms with Gasteiger partial charge in [-0.1, -0.05) is 45.0 Å². The molecule has 0 radical (unpaired) electrons. The second-order valence-electron chi connectivity index (χ2n) is 11.4. The lowest BCUT2D eigenvalue weighted by atomic mass is 9.78. The number of aliphatic carboxylic acids is 1. The van der Waals surface area contributed by atoms with Crippen molar-refractivity contribution in [1.29, 1.82) is 0 Å². The van der Waals surface area contributed by atoms with Gasteiger partial charge in [-0.2, -0.15) is 0 Å². The van der Waals surface area contributed by atoms with E-state index in [1.807, 2.05) is 30.3 Å².